The molecule has 0 aromatic heterocycles. The van der Waals surface area contributed by atoms with Crippen molar-refractivity contribution in [3.05, 3.63) is 29.6 Å². The predicted octanol–water partition coefficient (Wildman–Crippen LogP) is 2.01. The second-order valence-corrected chi connectivity index (χ2v) is 5.24. The molecule has 0 atom stereocenters. The van der Waals surface area contributed by atoms with Gasteiger partial charge in [-0.25, -0.2) is 4.39 Å². The lowest BCUT2D eigenvalue weighted by Crippen LogP contribution is -2.33. The number of carbonyl (C=O) groups excluding carboxylic acids is 1. The molecular formula is C15H22FN3O. The van der Waals surface area contributed by atoms with Gasteiger partial charge in [0.15, 0.2) is 0 Å². The monoisotopic (exact) mass is 279 g/mol. The zero-order valence-electron chi connectivity index (χ0n) is 11.7. The van der Waals surface area contributed by atoms with E-state index in [9.17, 15) is 9.18 Å². The summed E-state index contributed by atoms with van der Waals surface area (Å²) in [4.78, 5) is 14.3. The second-order valence-electron chi connectivity index (χ2n) is 5.24. The van der Waals surface area contributed by atoms with Crippen molar-refractivity contribution in [2.45, 2.75) is 25.7 Å². The summed E-state index contributed by atoms with van der Waals surface area (Å²) in [5.74, 6) is -0.752. The number of halogens is 1. The Hall–Kier alpha value is -1.62. The summed E-state index contributed by atoms with van der Waals surface area (Å²) in [6.07, 6.45) is 4.77. The molecule has 0 unspecified atom stereocenters. The molecule has 1 aliphatic rings. The number of nitrogens with one attached hydrogen (secondary N) is 1. The third-order valence-electron chi connectivity index (χ3n) is 3.65. The number of nitrogens with zero attached hydrogens (tertiary/aromatic N) is 1. The number of rotatable bonds is 5. The summed E-state index contributed by atoms with van der Waals surface area (Å²) in [5, 5.41) is 2.79. The standard InChI is InChI=1S/C15H22FN3O/c16-12-5-6-14(17)13(11-12)15(20)18-7-4-10-19-8-2-1-3-9-19/h5-6,11H,1-4,7-10,17H2,(H,18,20). The molecule has 1 amide bonds. The average Bonchev–Trinajstić information content (AvgIpc) is 2.47. The minimum atomic E-state index is -0.447. The SMILES string of the molecule is Nc1ccc(F)cc1C(=O)NCCCN1CCCCC1. The van der Waals surface area contributed by atoms with Crippen LogP contribution in [0, 0.1) is 5.82 Å². The number of benzene rings is 1. The van der Waals surface area contributed by atoms with Crippen molar-refractivity contribution in [3.63, 3.8) is 0 Å². The van der Waals surface area contributed by atoms with Crippen molar-refractivity contribution >= 4 is 11.6 Å². The van der Waals surface area contributed by atoms with Crippen molar-refractivity contribution in [3.8, 4) is 0 Å². The van der Waals surface area contributed by atoms with Gasteiger partial charge in [0.1, 0.15) is 5.82 Å². The normalized spacial score (nSPS) is 16.1. The van der Waals surface area contributed by atoms with E-state index in [1.54, 1.807) is 0 Å². The predicted molar refractivity (Wildman–Crippen MR) is 78.1 cm³/mol. The van der Waals surface area contributed by atoms with Crippen molar-refractivity contribution in [2.75, 3.05) is 31.9 Å². The molecule has 110 valence electrons. The maximum absolute atomic E-state index is 13.1. The zero-order chi connectivity index (χ0) is 14.4. The number of nitrogen functional groups attached to an aromatic ring is 1. The van der Waals surface area contributed by atoms with Crippen LogP contribution in [-0.4, -0.2) is 37.0 Å². The van der Waals surface area contributed by atoms with Crippen molar-refractivity contribution in [1.82, 2.24) is 10.2 Å². The van der Waals surface area contributed by atoms with Crippen LogP contribution in [-0.2, 0) is 0 Å². The van der Waals surface area contributed by atoms with Gasteiger partial charge < -0.3 is 16.0 Å². The zero-order valence-corrected chi connectivity index (χ0v) is 11.7. The summed E-state index contributed by atoms with van der Waals surface area (Å²) in [6, 6.07) is 3.84. The Morgan fingerprint density at radius 2 is 2.05 bits per heavy atom. The fourth-order valence-electron chi connectivity index (χ4n) is 2.51. The molecule has 20 heavy (non-hydrogen) atoms. The van der Waals surface area contributed by atoms with Gasteiger partial charge in [-0.15, -0.1) is 0 Å². The number of hydrogen-bond acceptors (Lipinski definition) is 3. The van der Waals surface area contributed by atoms with E-state index in [4.69, 9.17) is 5.73 Å². The van der Waals surface area contributed by atoms with E-state index in [2.05, 4.69) is 10.2 Å². The molecule has 0 bridgehead atoms. The minimum Gasteiger partial charge on any atom is -0.398 e. The molecule has 0 spiro atoms. The van der Waals surface area contributed by atoms with Crippen LogP contribution in [0.15, 0.2) is 18.2 Å². The van der Waals surface area contributed by atoms with E-state index in [1.165, 1.54) is 37.5 Å². The lowest BCUT2D eigenvalue weighted by atomic mass is 10.1. The van der Waals surface area contributed by atoms with E-state index in [1.807, 2.05) is 0 Å². The van der Waals surface area contributed by atoms with E-state index in [0.29, 0.717) is 12.2 Å². The summed E-state index contributed by atoms with van der Waals surface area (Å²) in [6.45, 7) is 3.90. The van der Waals surface area contributed by atoms with Crippen molar-refractivity contribution in [1.29, 1.82) is 0 Å². The number of nitrogens with two attached hydrogens (primary N) is 1. The van der Waals surface area contributed by atoms with Gasteiger partial charge in [0.2, 0.25) is 0 Å². The van der Waals surface area contributed by atoms with Crippen molar-refractivity contribution in [2.24, 2.45) is 0 Å². The molecule has 3 N–H and O–H groups in total. The fraction of sp³-hybridized carbons (Fsp3) is 0.533. The van der Waals surface area contributed by atoms with Gasteiger partial charge >= 0.3 is 0 Å². The average molecular weight is 279 g/mol. The van der Waals surface area contributed by atoms with Crippen LogP contribution in [0.1, 0.15) is 36.0 Å². The van der Waals surface area contributed by atoms with Crippen LogP contribution >= 0.6 is 0 Å². The Bertz CT molecular complexity index is 458. The number of likely N-dealkylation sites (tertiary alicyclic amines) is 1. The lowest BCUT2D eigenvalue weighted by molar-refractivity contribution is 0.0951. The molecule has 5 heteroatoms. The molecular weight excluding hydrogens is 257 g/mol. The van der Waals surface area contributed by atoms with Gasteiger partial charge in [0.25, 0.3) is 5.91 Å². The second kappa shape index (κ2) is 7.24. The third kappa shape index (κ3) is 4.20. The Labute approximate surface area is 119 Å². The van der Waals surface area contributed by atoms with Crippen LogP contribution in [0.5, 0.6) is 0 Å². The first-order chi connectivity index (χ1) is 9.66. The number of anilines is 1. The Morgan fingerprint density at radius 3 is 2.80 bits per heavy atom. The summed E-state index contributed by atoms with van der Waals surface area (Å²) >= 11 is 0. The van der Waals surface area contributed by atoms with Gasteiger partial charge in [-0.1, -0.05) is 6.42 Å². The minimum absolute atomic E-state index is 0.211. The third-order valence-corrected chi connectivity index (χ3v) is 3.65. The summed E-state index contributed by atoms with van der Waals surface area (Å²) < 4.78 is 13.1. The fourth-order valence-corrected chi connectivity index (χ4v) is 2.51. The highest BCUT2D eigenvalue weighted by Crippen LogP contribution is 2.13. The maximum Gasteiger partial charge on any atom is 0.253 e. The molecule has 2 rings (SSSR count). The van der Waals surface area contributed by atoms with Crippen LogP contribution in [0.2, 0.25) is 0 Å². The Balaban J connectivity index is 1.73. The highest BCUT2D eigenvalue weighted by molar-refractivity contribution is 5.99. The number of carbonyl (C=O) groups is 1. The molecule has 1 fully saturated rings. The summed E-state index contributed by atoms with van der Waals surface area (Å²) in [7, 11) is 0. The first kappa shape index (κ1) is 14.8. The molecule has 0 aliphatic carbocycles. The first-order valence-corrected chi connectivity index (χ1v) is 7.22. The lowest BCUT2D eigenvalue weighted by Gasteiger charge is -2.26. The van der Waals surface area contributed by atoms with Gasteiger partial charge in [-0.05, 0) is 57.1 Å². The largest absolute Gasteiger partial charge is 0.398 e. The molecule has 0 radical (unpaired) electrons. The van der Waals surface area contributed by atoms with Crippen LogP contribution in [0.4, 0.5) is 10.1 Å². The summed E-state index contributed by atoms with van der Waals surface area (Å²) in [5.41, 5.74) is 6.19. The highest BCUT2D eigenvalue weighted by Gasteiger charge is 2.12. The topological polar surface area (TPSA) is 58.4 Å². The van der Waals surface area contributed by atoms with Gasteiger partial charge in [-0.2, -0.15) is 0 Å². The maximum atomic E-state index is 13.1. The van der Waals surface area contributed by atoms with E-state index in [0.717, 1.165) is 26.1 Å². The van der Waals surface area contributed by atoms with E-state index < -0.39 is 5.82 Å². The quantitative estimate of drug-likeness (QED) is 0.640. The molecule has 0 saturated carbocycles. The smallest absolute Gasteiger partial charge is 0.253 e. The molecule has 1 heterocycles. The number of piperidine rings is 1. The number of amides is 1. The van der Waals surface area contributed by atoms with Crippen LogP contribution in [0.3, 0.4) is 0 Å². The molecule has 1 aromatic rings. The van der Waals surface area contributed by atoms with E-state index >= 15 is 0 Å². The molecule has 1 saturated heterocycles. The Kier molecular flexibility index (Phi) is 5.35. The number of hydrogen-bond donors (Lipinski definition) is 2. The highest BCUT2D eigenvalue weighted by atomic mass is 19.1. The van der Waals surface area contributed by atoms with Crippen LogP contribution in [0.25, 0.3) is 0 Å². The molecule has 1 aliphatic heterocycles. The molecule has 4 nitrogen and oxygen atoms in total. The van der Waals surface area contributed by atoms with Gasteiger partial charge in [-0.3, -0.25) is 4.79 Å². The van der Waals surface area contributed by atoms with Crippen LogP contribution < -0.4 is 11.1 Å². The van der Waals surface area contributed by atoms with Crippen molar-refractivity contribution < 1.29 is 9.18 Å². The van der Waals surface area contributed by atoms with Gasteiger partial charge in [0, 0.05) is 12.2 Å². The Morgan fingerprint density at radius 1 is 1.30 bits per heavy atom. The molecule has 1 aromatic carbocycles. The first-order valence-electron chi connectivity index (χ1n) is 7.22. The van der Waals surface area contributed by atoms with Gasteiger partial charge in [0.05, 0.1) is 5.56 Å². The van der Waals surface area contributed by atoms with E-state index in [-0.39, 0.29) is 11.5 Å².